The van der Waals surface area contributed by atoms with E-state index in [0.717, 1.165) is 12.1 Å². The van der Waals surface area contributed by atoms with Gasteiger partial charge in [-0.2, -0.15) is 0 Å². The van der Waals surface area contributed by atoms with Gasteiger partial charge in [0.25, 0.3) is 0 Å². The lowest BCUT2D eigenvalue weighted by atomic mass is 10.0. The first kappa shape index (κ1) is 13.8. The van der Waals surface area contributed by atoms with Crippen molar-refractivity contribution < 1.29 is 18.0 Å². The highest BCUT2D eigenvalue weighted by molar-refractivity contribution is 9.10. The molecule has 0 aliphatic rings. The standard InChI is InChI=1S/C14H8BrF3O/c15-10-7-9(2-4-11(10)16)14(19)6-8-1-3-12(17)13(18)5-8/h1-5,7H,6H2. The van der Waals surface area contributed by atoms with Crippen LogP contribution in [-0.4, -0.2) is 5.78 Å². The van der Waals surface area contributed by atoms with Crippen molar-refractivity contribution in [2.45, 2.75) is 6.42 Å². The van der Waals surface area contributed by atoms with E-state index in [9.17, 15) is 18.0 Å². The fourth-order valence-corrected chi connectivity index (χ4v) is 1.99. The Morgan fingerprint density at radius 3 is 2.26 bits per heavy atom. The predicted octanol–water partition coefficient (Wildman–Crippen LogP) is 4.29. The second kappa shape index (κ2) is 5.57. The minimum absolute atomic E-state index is 0.0741. The zero-order valence-electron chi connectivity index (χ0n) is 9.59. The molecule has 0 saturated carbocycles. The Morgan fingerprint density at radius 1 is 0.947 bits per heavy atom. The van der Waals surface area contributed by atoms with Crippen molar-refractivity contribution in [1.29, 1.82) is 0 Å². The third-order valence-electron chi connectivity index (χ3n) is 2.59. The molecule has 0 atom stereocenters. The molecule has 19 heavy (non-hydrogen) atoms. The van der Waals surface area contributed by atoms with Gasteiger partial charge in [-0.25, -0.2) is 13.2 Å². The molecule has 0 fully saturated rings. The van der Waals surface area contributed by atoms with Crippen LogP contribution in [0.15, 0.2) is 40.9 Å². The second-order valence-corrected chi connectivity index (χ2v) is 4.83. The lowest BCUT2D eigenvalue weighted by Crippen LogP contribution is -2.04. The summed E-state index contributed by atoms with van der Waals surface area (Å²) in [6.07, 6.45) is -0.0741. The summed E-state index contributed by atoms with van der Waals surface area (Å²) in [6.45, 7) is 0. The Hall–Kier alpha value is -1.62. The Kier molecular flexibility index (Phi) is 4.04. The molecule has 5 heteroatoms. The smallest absolute Gasteiger partial charge is 0.167 e. The van der Waals surface area contributed by atoms with E-state index in [1.807, 2.05) is 0 Å². The molecule has 0 heterocycles. The Balaban J connectivity index is 2.20. The summed E-state index contributed by atoms with van der Waals surface area (Å²) in [4.78, 5) is 11.9. The number of hydrogen-bond acceptors (Lipinski definition) is 1. The van der Waals surface area contributed by atoms with Crippen LogP contribution in [0, 0.1) is 17.5 Å². The zero-order chi connectivity index (χ0) is 14.0. The molecule has 0 aliphatic heterocycles. The summed E-state index contributed by atoms with van der Waals surface area (Å²) in [5.74, 6) is -2.72. The minimum atomic E-state index is -0.995. The lowest BCUT2D eigenvalue weighted by molar-refractivity contribution is 0.0993. The van der Waals surface area contributed by atoms with E-state index in [2.05, 4.69) is 15.9 Å². The van der Waals surface area contributed by atoms with Gasteiger partial charge in [0.15, 0.2) is 17.4 Å². The molecule has 2 aromatic carbocycles. The lowest BCUT2D eigenvalue weighted by Gasteiger charge is -2.03. The van der Waals surface area contributed by atoms with Crippen molar-refractivity contribution in [3.8, 4) is 0 Å². The molecule has 2 rings (SSSR count). The predicted molar refractivity (Wildman–Crippen MR) is 68.5 cm³/mol. The first-order valence-corrected chi connectivity index (χ1v) is 6.19. The molecule has 0 aromatic heterocycles. The van der Waals surface area contributed by atoms with Crippen LogP contribution < -0.4 is 0 Å². The summed E-state index contributed by atoms with van der Waals surface area (Å²) in [6, 6.07) is 7.17. The van der Waals surface area contributed by atoms with Gasteiger partial charge in [-0.1, -0.05) is 6.07 Å². The van der Waals surface area contributed by atoms with Crippen molar-refractivity contribution >= 4 is 21.7 Å². The van der Waals surface area contributed by atoms with Crippen molar-refractivity contribution in [3.63, 3.8) is 0 Å². The van der Waals surface area contributed by atoms with Crippen molar-refractivity contribution in [3.05, 3.63) is 69.4 Å². The highest BCUT2D eigenvalue weighted by atomic mass is 79.9. The van der Waals surface area contributed by atoms with Crippen LogP contribution in [0.3, 0.4) is 0 Å². The largest absolute Gasteiger partial charge is 0.294 e. The maximum Gasteiger partial charge on any atom is 0.167 e. The van der Waals surface area contributed by atoms with Gasteiger partial charge in [0.2, 0.25) is 0 Å². The highest BCUT2D eigenvalue weighted by Gasteiger charge is 2.11. The van der Waals surface area contributed by atoms with Gasteiger partial charge in [0.1, 0.15) is 5.82 Å². The van der Waals surface area contributed by atoms with E-state index in [-0.39, 0.29) is 16.7 Å². The van der Waals surface area contributed by atoms with Gasteiger partial charge < -0.3 is 0 Å². The van der Waals surface area contributed by atoms with E-state index in [1.54, 1.807) is 0 Å². The average Bonchev–Trinajstić information content (AvgIpc) is 2.37. The van der Waals surface area contributed by atoms with E-state index in [4.69, 9.17) is 0 Å². The molecule has 0 N–H and O–H groups in total. The second-order valence-electron chi connectivity index (χ2n) is 3.98. The topological polar surface area (TPSA) is 17.1 Å². The fraction of sp³-hybridized carbons (Fsp3) is 0.0714. The molecule has 0 unspecified atom stereocenters. The molecule has 0 radical (unpaired) electrons. The number of carbonyl (C=O) groups excluding carboxylic acids is 1. The fourth-order valence-electron chi connectivity index (χ4n) is 1.61. The molecule has 1 nitrogen and oxygen atoms in total. The van der Waals surface area contributed by atoms with E-state index < -0.39 is 17.5 Å². The first-order valence-electron chi connectivity index (χ1n) is 5.39. The summed E-state index contributed by atoms with van der Waals surface area (Å²) < 4.78 is 39.0. The maximum absolute atomic E-state index is 13.0. The third-order valence-corrected chi connectivity index (χ3v) is 3.20. The third kappa shape index (κ3) is 3.23. The number of rotatable bonds is 3. The Labute approximate surface area is 116 Å². The van der Waals surface area contributed by atoms with Crippen LogP contribution in [0.2, 0.25) is 0 Å². The van der Waals surface area contributed by atoms with Crippen molar-refractivity contribution in [2.75, 3.05) is 0 Å². The summed E-state index contributed by atoms with van der Waals surface area (Å²) in [5, 5.41) is 0. The minimum Gasteiger partial charge on any atom is -0.294 e. The van der Waals surface area contributed by atoms with E-state index in [0.29, 0.717) is 11.1 Å². The van der Waals surface area contributed by atoms with Gasteiger partial charge in [-0.15, -0.1) is 0 Å². The van der Waals surface area contributed by atoms with E-state index >= 15 is 0 Å². The number of hydrogen-bond donors (Lipinski definition) is 0. The van der Waals surface area contributed by atoms with Crippen LogP contribution in [0.5, 0.6) is 0 Å². The molecule has 2 aromatic rings. The molecular formula is C14H8BrF3O. The molecule has 98 valence electrons. The number of halogens is 4. The van der Waals surface area contributed by atoms with Crippen LogP contribution in [0.25, 0.3) is 0 Å². The molecule has 0 amide bonds. The SMILES string of the molecule is O=C(Cc1ccc(F)c(F)c1)c1ccc(F)c(Br)c1. The van der Waals surface area contributed by atoms with Gasteiger partial charge in [0, 0.05) is 12.0 Å². The van der Waals surface area contributed by atoms with Crippen LogP contribution in [-0.2, 0) is 6.42 Å². The molecule has 0 bridgehead atoms. The first-order chi connectivity index (χ1) is 8.97. The normalized spacial score (nSPS) is 10.5. The monoisotopic (exact) mass is 328 g/mol. The number of carbonyl (C=O) groups is 1. The van der Waals surface area contributed by atoms with Crippen LogP contribution in [0.1, 0.15) is 15.9 Å². The summed E-state index contributed by atoms with van der Waals surface area (Å²) >= 11 is 2.98. The van der Waals surface area contributed by atoms with Gasteiger partial charge >= 0.3 is 0 Å². The quantitative estimate of drug-likeness (QED) is 0.768. The molecular weight excluding hydrogens is 321 g/mol. The summed E-state index contributed by atoms with van der Waals surface area (Å²) in [7, 11) is 0. The van der Waals surface area contributed by atoms with Crippen LogP contribution in [0.4, 0.5) is 13.2 Å². The van der Waals surface area contributed by atoms with Gasteiger partial charge in [-0.05, 0) is 51.8 Å². The van der Waals surface area contributed by atoms with Gasteiger partial charge in [-0.3, -0.25) is 4.79 Å². The maximum atomic E-state index is 13.0. The molecule has 0 aliphatic carbocycles. The number of benzene rings is 2. The molecule has 0 saturated heterocycles. The van der Waals surface area contributed by atoms with Gasteiger partial charge in [0.05, 0.1) is 4.47 Å². The number of ketones is 1. The van der Waals surface area contributed by atoms with Crippen molar-refractivity contribution in [2.24, 2.45) is 0 Å². The van der Waals surface area contributed by atoms with Crippen molar-refractivity contribution in [1.82, 2.24) is 0 Å². The average molecular weight is 329 g/mol. The van der Waals surface area contributed by atoms with E-state index in [1.165, 1.54) is 24.3 Å². The van der Waals surface area contributed by atoms with Crippen LogP contribution >= 0.6 is 15.9 Å². The highest BCUT2D eigenvalue weighted by Crippen LogP contribution is 2.18. The number of Topliss-reactive ketones (excluding diaryl/α,β-unsaturated/α-hetero) is 1. The Bertz CT molecular complexity index is 641. The Morgan fingerprint density at radius 2 is 1.63 bits per heavy atom. The zero-order valence-corrected chi connectivity index (χ0v) is 11.2. The molecule has 0 spiro atoms. The summed E-state index contributed by atoms with van der Waals surface area (Å²) in [5.41, 5.74) is 0.669.